The summed E-state index contributed by atoms with van der Waals surface area (Å²) >= 11 is 0. The molecule has 0 aliphatic rings. The lowest BCUT2D eigenvalue weighted by atomic mass is 9.69. The van der Waals surface area contributed by atoms with Crippen molar-refractivity contribution in [2.75, 3.05) is 0 Å². The molecule has 2 aromatic carbocycles. The summed E-state index contributed by atoms with van der Waals surface area (Å²) in [7, 11) is 0. The van der Waals surface area contributed by atoms with Gasteiger partial charge in [0.05, 0.1) is 0 Å². The molecule has 0 heteroatoms. The first-order valence-corrected chi connectivity index (χ1v) is 11.9. The van der Waals surface area contributed by atoms with E-state index < -0.39 is 0 Å². The maximum absolute atomic E-state index is 3.91. The second kappa shape index (κ2) is 9.99. The molecule has 0 aliphatic heterocycles. The van der Waals surface area contributed by atoms with E-state index in [1.54, 1.807) is 0 Å². The van der Waals surface area contributed by atoms with E-state index in [4.69, 9.17) is 0 Å². The van der Waals surface area contributed by atoms with E-state index in [1.165, 1.54) is 46.2 Å². The maximum Gasteiger partial charge on any atom is 0.0197 e. The molecular formula is C30H44. The van der Waals surface area contributed by atoms with Crippen molar-refractivity contribution in [3.05, 3.63) is 82.4 Å². The number of allylic oxidation sites excluding steroid dienone is 1. The highest BCUT2D eigenvalue weighted by atomic mass is 14.3. The molecule has 0 aliphatic carbocycles. The Labute approximate surface area is 186 Å². The fraction of sp³-hybridized carbons (Fsp3) is 0.533. The summed E-state index contributed by atoms with van der Waals surface area (Å²) in [4.78, 5) is 0. The molecule has 164 valence electrons. The molecule has 0 amide bonds. The van der Waals surface area contributed by atoms with Crippen LogP contribution in [0.4, 0.5) is 0 Å². The van der Waals surface area contributed by atoms with Gasteiger partial charge in [0.2, 0.25) is 0 Å². The highest BCUT2D eigenvalue weighted by Gasteiger charge is 2.31. The van der Waals surface area contributed by atoms with Crippen LogP contribution in [0.1, 0.15) is 94.2 Å². The lowest BCUT2D eigenvalue weighted by Crippen LogP contribution is -2.26. The van der Waals surface area contributed by atoms with Crippen LogP contribution in [0.2, 0.25) is 0 Å². The topological polar surface area (TPSA) is 0 Å². The number of hydrogen-bond acceptors (Lipinski definition) is 0. The summed E-state index contributed by atoms with van der Waals surface area (Å²) in [5, 5.41) is 0. The minimum Gasteiger partial charge on any atom is -0.103 e. The lowest BCUT2D eigenvalue weighted by Gasteiger charge is -2.34. The molecular weight excluding hydrogens is 360 g/mol. The summed E-state index contributed by atoms with van der Waals surface area (Å²) in [6.07, 6.45) is 7.59. The molecule has 0 bridgehead atoms. The van der Waals surface area contributed by atoms with Crippen molar-refractivity contribution < 1.29 is 0 Å². The second-order valence-electron chi connectivity index (χ2n) is 10.4. The van der Waals surface area contributed by atoms with Gasteiger partial charge in [0.25, 0.3) is 0 Å². The van der Waals surface area contributed by atoms with Crippen LogP contribution >= 0.6 is 0 Å². The fourth-order valence-electron chi connectivity index (χ4n) is 4.69. The van der Waals surface area contributed by atoms with Crippen LogP contribution in [-0.4, -0.2) is 0 Å². The van der Waals surface area contributed by atoms with E-state index >= 15 is 0 Å². The first kappa shape index (κ1) is 24.4. The van der Waals surface area contributed by atoms with Crippen molar-refractivity contribution in [3.63, 3.8) is 0 Å². The molecule has 2 aromatic rings. The van der Waals surface area contributed by atoms with E-state index in [0.717, 1.165) is 25.2 Å². The molecule has 1 unspecified atom stereocenters. The van der Waals surface area contributed by atoms with E-state index in [0.29, 0.717) is 5.41 Å². The van der Waals surface area contributed by atoms with Crippen LogP contribution in [0, 0.1) is 25.2 Å². The molecule has 0 fully saturated rings. The predicted octanol–water partition coefficient (Wildman–Crippen LogP) is 8.75. The summed E-state index contributed by atoms with van der Waals surface area (Å²) < 4.78 is 0. The maximum atomic E-state index is 3.91. The van der Waals surface area contributed by atoms with Gasteiger partial charge in [0.15, 0.2) is 0 Å². The zero-order valence-corrected chi connectivity index (χ0v) is 20.9. The van der Waals surface area contributed by atoms with Crippen LogP contribution in [0.3, 0.4) is 0 Å². The molecule has 0 spiro atoms. The summed E-state index contributed by atoms with van der Waals surface area (Å²) in [5.41, 5.74) is 9.09. The first-order chi connectivity index (χ1) is 14.1. The van der Waals surface area contributed by atoms with Crippen LogP contribution in [-0.2, 0) is 18.3 Å². The monoisotopic (exact) mass is 404 g/mol. The minimum absolute atomic E-state index is 0.0828. The van der Waals surface area contributed by atoms with Gasteiger partial charge in [-0.05, 0) is 90.7 Å². The van der Waals surface area contributed by atoms with Gasteiger partial charge in [-0.2, -0.15) is 0 Å². The lowest BCUT2D eigenvalue weighted by molar-refractivity contribution is 0.247. The van der Waals surface area contributed by atoms with Crippen LogP contribution in [0.5, 0.6) is 0 Å². The normalized spacial score (nSPS) is 13.3. The van der Waals surface area contributed by atoms with E-state index in [-0.39, 0.29) is 5.41 Å². The number of aryl methyl sites for hydroxylation is 3. The average molecular weight is 405 g/mol. The molecule has 0 N–H and O–H groups in total. The number of rotatable bonds is 9. The standard InChI is InChI=1S/C30H44/c1-10-13-25-16-18-27(20-22(25)4)30(11-2,12-3)28-19-17-26(23(5)21-28)15-14-24(6)29(7,8)9/h10,16-21,24H,1,11-15H2,2-9H3. The van der Waals surface area contributed by atoms with Gasteiger partial charge in [0, 0.05) is 5.41 Å². The van der Waals surface area contributed by atoms with Crippen molar-refractivity contribution in [2.24, 2.45) is 11.3 Å². The van der Waals surface area contributed by atoms with Gasteiger partial charge >= 0.3 is 0 Å². The van der Waals surface area contributed by atoms with Crippen molar-refractivity contribution in [1.29, 1.82) is 0 Å². The molecule has 30 heavy (non-hydrogen) atoms. The zero-order valence-electron chi connectivity index (χ0n) is 20.9. The second-order valence-corrected chi connectivity index (χ2v) is 10.4. The average Bonchev–Trinajstić information content (AvgIpc) is 2.69. The minimum atomic E-state index is 0.0828. The van der Waals surface area contributed by atoms with E-state index in [1.807, 2.05) is 6.08 Å². The molecule has 0 nitrogen and oxygen atoms in total. The Balaban J connectivity index is 2.37. The first-order valence-electron chi connectivity index (χ1n) is 11.9. The third-order valence-corrected chi connectivity index (χ3v) is 7.69. The van der Waals surface area contributed by atoms with Crippen molar-refractivity contribution in [2.45, 2.75) is 92.9 Å². The third-order valence-electron chi connectivity index (χ3n) is 7.69. The van der Waals surface area contributed by atoms with E-state index in [2.05, 4.69) is 98.4 Å². The Morgan fingerprint density at radius 1 is 0.867 bits per heavy atom. The van der Waals surface area contributed by atoms with Gasteiger partial charge in [-0.3, -0.25) is 0 Å². The molecule has 0 heterocycles. The highest BCUT2D eigenvalue weighted by Crippen LogP contribution is 2.40. The third kappa shape index (κ3) is 5.26. The van der Waals surface area contributed by atoms with Gasteiger partial charge in [-0.15, -0.1) is 6.58 Å². The quantitative estimate of drug-likeness (QED) is 0.366. The largest absolute Gasteiger partial charge is 0.103 e. The van der Waals surface area contributed by atoms with Crippen LogP contribution in [0.25, 0.3) is 0 Å². The molecule has 0 saturated heterocycles. The molecule has 2 rings (SSSR count). The summed E-state index contributed by atoms with van der Waals surface area (Å²) in [6, 6.07) is 14.4. The van der Waals surface area contributed by atoms with Crippen molar-refractivity contribution >= 4 is 0 Å². The Hall–Kier alpha value is -1.82. The summed E-state index contributed by atoms with van der Waals surface area (Å²) in [5.74, 6) is 0.721. The highest BCUT2D eigenvalue weighted by molar-refractivity contribution is 5.45. The van der Waals surface area contributed by atoms with Gasteiger partial charge in [-0.25, -0.2) is 0 Å². The SMILES string of the molecule is C=CCc1ccc(C(CC)(CC)c2ccc(CCC(C)C(C)(C)C)c(C)c2)cc1C. The summed E-state index contributed by atoms with van der Waals surface area (Å²) in [6.45, 7) is 22.6. The van der Waals surface area contributed by atoms with Crippen molar-refractivity contribution in [3.8, 4) is 0 Å². The molecule has 1 atom stereocenters. The van der Waals surface area contributed by atoms with E-state index in [9.17, 15) is 0 Å². The fourth-order valence-corrected chi connectivity index (χ4v) is 4.69. The van der Waals surface area contributed by atoms with Crippen LogP contribution < -0.4 is 0 Å². The Morgan fingerprint density at radius 3 is 1.77 bits per heavy atom. The van der Waals surface area contributed by atoms with Gasteiger partial charge in [-0.1, -0.05) is 84.0 Å². The Bertz CT molecular complexity index is 843. The van der Waals surface area contributed by atoms with Crippen LogP contribution in [0.15, 0.2) is 49.1 Å². The zero-order chi connectivity index (χ0) is 22.5. The Morgan fingerprint density at radius 2 is 1.37 bits per heavy atom. The predicted molar refractivity (Wildman–Crippen MR) is 135 cm³/mol. The molecule has 0 aromatic heterocycles. The molecule has 0 saturated carbocycles. The molecule has 0 radical (unpaired) electrons. The van der Waals surface area contributed by atoms with Gasteiger partial charge < -0.3 is 0 Å². The number of hydrogen-bond donors (Lipinski definition) is 0. The Kier molecular flexibility index (Phi) is 8.14. The van der Waals surface area contributed by atoms with Gasteiger partial charge in [0.1, 0.15) is 0 Å². The number of benzene rings is 2. The smallest absolute Gasteiger partial charge is 0.0197 e. The van der Waals surface area contributed by atoms with Crippen molar-refractivity contribution in [1.82, 2.24) is 0 Å².